The van der Waals surface area contributed by atoms with Crippen molar-refractivity contribution in [2.75, 3.05) is 62.8 Å². The Morgan fingerprint density at radius 1 is 1.18 bits per heavy atom. The predicted molar refractivity (Wildman–Crippen MR) is 134 cm³/mol. The van der Waals surface area contributed by atoms with E-state index in [0.717, 1.165) is 34.7 Å². The minimum absolute atomic E-state index is 0.0114. The Labute approximate surface area is 203 Å². The van der Waals surface area contributed by atoms with Crippen LogP contribution >= 0.6 is 11.3 Å². The number of morpholine rings is 1. The van der Waals surface area contributed by atoms with E-state index in [2.05, 4.69) is 14.8 Å². The minimum atomic E-state index is -3.18. The van der Waals surface area contributed by atoms with Gasteiger partial charge in [0.15, 0.2) is 11.6 Å². The van der Waals surface area contributed by atoms with Crippen molar-refractivity contribution in [3.8, 4) is 11.4 Å². The number of aromatic nitrogens is 3. The quantitative estimate of drug-likeness (QED) is 0.553. The predicted octanol–water partition coefficient (Wildman–Crippen LogP) is 1.51. The lowest BCUT2D eigenvalue weighted by Crippen LogP contribution is -2.56. The molecule has 0 bridgehead atoms. The normalized spacial score (nSPS) is 22.9. The number of nitrogens with two attached hydrogens (primary N) is 1. The summed E-state index contributed by atoms with van der Waals surface area (Å²) in [4.78, 5) is 18.4. The standard InChI is InChI=1S/C22H29N7O3S2/c1-15-12-27(6-7-29(15)34(2,30)31)13-17-14-28(8-9-32-17)22-20-18(5-10-33-20)25-21(26-22)16-3-4-19(23)24-11-16/h3-5,10-11,15,17H,6-9,12-14H2,1-2H3,(H2,23,24)/t15-,17?/m1/s1. The van der Waals surface area contributed by atoms with E-state index < -0.39 is 10.0 Å². The number of ether oxygens (including phenoxy) is 1. The van der Waals surface area contributed by atoms with Gasteiger partial charge in [-0.2, -0.15) is 4.31 Å². The molecule has 2 fully saturated rings. The van der Waals surface area contributed by atoms with Gasteiger partial charge < -0.3 is 15.4 Å². The van der Waals surface area contributed by atoms with E-state index in [-0.39, 0.29) is 12.1 Å². The van der Waals surface area contributed by atoms with Crippen LogP contribution in [-0.2, 0) is 14.8 Å². The fraction of sp³-hybridized carbons (Fsp3) is 0.500. The number of anilines is 2. The number of nitrogen functional groups attached to an aromatic ring is 1. The fourth-order valence-corrected chi connectivity index (χ4v) is 6.70. The van der Waals surface area contributed by atoms with Crippen LogP contribution in [-0.4, -0.2) is 96.9 Å². The summed E-state index contributed by atoms with van der Waals surface area (Å²) in [5.41, 5.74) is 7.48. The third-order valence-corrected chi connectivity index (χ3v) is 8.60. The van der Waals surface area contributed by atoms with Crippen LogP contribution in [0.4, 0.5) is 11.6 Å². The van der Waals surface area contributed by atoms with Crippen LogP contribution in [0.3, 0.4) is 0 Å². The lowest BCUT2D eigenvalue weighted by Gasteiger charge is -2.41. The van der Waals surface area contributed by atoms with Crippen LogP contribution < -0.4 is 10.6 Å². The molecule has 182 valence electrons. The molecule has 3 aromatic rings. The average Bonchev–Trinajstić information content (AvgIpc) is 3.27. The number of fused-ring (bicyclic) bond motifs is 1. The third kappa shape index (κ3) is 4.86. The Morgan fingerprint density at radius 3 is 2.76 bits per heavy atom. The molecule has 10 nitrogen and oxygen atoms in total. The number of thiophene rings is 1. The number of rotatable bonds is 5. The molecule has 3 aromatic heterocycles. The highest BCUT2D eigenvalue weighted by molar-refractivity contribution is 7.88. The van der Waals surface area contributed by atoms with E-state index in [1.807, 2.05) is 24.4 Å². The number of hydrogen-bond donors (Lipinski definition) is 1. The molecule has 0 amide bonds. The highest BCUT2D eigenvalue weighted by Gasteiger charge is 2.32. The third-order valence-electron chi connectivity index (χ3n) is 6.31. The maximum atomic E-state index is 12.0. The summed E-state index contributed by atoms with van der Waals surface area (Å²) >= 11 is 1.64. The van der Waals surface area contributed by atoms with E-state index in [1.54, 1.807) is 27.9 Å². The summed E-state index contributed by atoms with van der Waals surface area (Å²) in [5, 5.41) is 2.04. The van der Waals surface area contributed by atoms with Crippen LogP contribution in [0.15, 0.2) is 29.8 Å². The monoisotopic (exact) mass is 503 g/mol. The summed E-state index contributed by atoms with van der Waals surface area (Å²) < 4.78 is 32.7. The van der Waals surface area contributed by atoms with Crippen molar-refractivity contribution in [2.45, 2.75) is 19.1 Å². The van der Waals surface area contributed by atoms with Gasteiger partial charge >= 0.3 is 0 Å². The summed E-state index contributed by atoms with van der Waals surface area (Å²) in [6.07, 6.45) is 2.99. The highest BCUT2D eigenvalue weighted by Crippen LogP contribution is 2.32. The van der Waals surface area contributed by atoms with Crippen molar-refractivity contribution in [2.24, 2.45) is 0 Å². The average molecular weight is 504 g/mol. The zero-order valence-electron chi connectivity index (χ0n) is 19.3. The van der Waals surface area contributed by atoms with Crippen LogP contribution in [0.1, 0.15) is 6.92 Å². The van der Waals surface area contributed by atoms with E-state index in [9.17, 15) is 8.42 Å². The first-order valence-corrected chi connectivity index (χ1v) is 14.0. The van der Waals surface area contributed by atoms with Crippen LogP contribution in [0.5, 0.6) is 0 Å². The van der Waals surface area contributed by atoms with E-state index in [0.29, 0.717) is 44.4 Å². The van der Waals surface area contributed by atoms with Gasteiger partial charge in [0.1, 0.15) is 5.82 Å². The maximum absolute atomic E-state index is 12.0. The van der Waals surface area contributed by atoms with Gasteiger partial charge in [0.25, 0.3) is 0 Å². The largest absolute Gasteiger partial charge is 0.384 e. The summed E-state index contributed by atoms with van der Waals surface area (Å²) in [6, 6.07) is 5.61. The van der Waals surface area contributed by atoms with Crippen LogP contribution in [0, 0.1) is 0 Å². The molecular weight excluding hydrogens is 474 g/mol. The van der Waals surface area contributed by atoms with Crippen molar-refractivity contribution in [3.63, 3.8) is 0 Å². The second-order valence-electron chi connectivity index (χ2n) is 8.90. The summed E-state index contributed by atoms with van der Waals surface area (Å²) in [7, 11) is -3.18. The molecule has 2 aliphatic heterocycles. The van der Waals surface area contributed by atoms with Gasteiger partial charge in [-0.25, -0.2) is 23.4 Å². The fourth-order valence-electron chi connectivity index (χ4n) is 4.71. The topological polar surface area (TPSA) is 118 Å². The minimum Gasteiger partial charge on any atom is -0.384 e. The van der Waals surface area contributed by atoms with Gasteiger partial charge in [0.2, 0.25) is 10.0 Å². The van der Waals surface area contributed by atoms with Crippen molar-refractivity contribution >= 4 is 43.2 Å². The first-order chi connectivity index (χ1) is 16.3. The van der Waals surface area contributed by atoms with Gasteiger partial charge in [-0.05, 0) is 30.5 Å². The molecule has 5 rings (SSSR count). The molecular formula is C22H29N7O3S2. The molecule has 5 heterocycles. The zero-order chi connectivity index (χ0) is 23.9. The van der Waals surface area contributed by atoms with Crippen LogP contribution in [0.25, 0.3) is 21.6 Å². The van der Waals surface area contributed by atoms with Crippen LogP contribution in [0.2, 0.25) is 0 Å². The Bertz CT molecular complexity index is 1270. The van der Waals surface area contributed by atoms with E-state index in [1.165, 1.54) is 6.26 Å². The molecule has 2 atom stereocenters. The van der Waals surface area contributed by atoms with Crippen molar-refractivity contribution < 1.29 is 13.2 Å². The Balaban J connectivity index is 1.33. The molecule has 34 heavy (non-hydrogen) atoms. The molecule has 0 aliphatic carbocycles. The molecule has 1 unspecified atom stereocenters. The number of nitrogens with zero attached hydrogens (tertiary/aromatic N) is 6. The molecule has 2 aliphatic rings. The molecule has 12 heteroatoms. The first kappa shape index (κ1) is 23.4. The highest BCUT2D eigenvalue weighted by atomic mass is 32.2. The summed E-state index contributed by atoms with van der Waals surface area (Å²) in [5.74, 6) is 2.00. The Kier molecular flexibility index (Phi) is 6.42. The maximum Gasteiger partial charge on any atom is 0.211 e. The molecule has 0 radical (unpaired) electrons. The second-order valence-corrected chi connectivity index (χ2v) is 11.7. The zero-order valence-corrected chi connectivity index (χ0v) is 20.9. The van der Waals surface area contributed by atoms with Gasteiger partial charge in [-0.15, -0.1) is 11.3 Å². The first-order valence-electron chi connectivity index (χ1n) is 11.3. The smallest absolute Gasteiger partial charge is 0.211 e. The number of hydrogen-bond acceptors (Lipinski definition) is 10. The second kappa shape index (κ2) is 9.34. The van der Waals surface area contributed by atoms with Gasteiger partial charge in [0.05, 0.1) is 29.2 Å². The van der Waals surface area contributed by atoms with Gasteiger partial charge in [0, 0.05) is 57.1 Å². The number of sulfonamides is 1. The van der Waals surface area contributed by atoms with Gasteiger partial charge in [-0.3, -0.25) is 4.90 Å². The van der Waals surface area contributed by atoms with Gasteiger partial charge in [-0.1, -0.05) is 0 Å². The van der Waals surface area contributed by atoms with Crippen molar-refractivity contribution in [3.05, 3.63) is 29.8 Å². The lowest BCUT2D eigenvalue weighted by molar-refractivity contribution is 0.00480. The molecule has 0 spiro atoms. The number of pyridine rings is 1. The summed E-state index contributed by atoms with van der Waals surface area (Å²) in [6.45, 7) is 6.70. The number of piperazine rings is 1. The molecule has 0 aromatic carbocycles. The van der Waals surface area contributed by atoms with Crippen molar-refractivity contribution in [1.82, 2.24) is 24.2 Å². The molecule has 2 N–H and O–H groups in total. The molecule has 0 saturated carbocycles. The van der Waals surface area contributed by atoms with Crippen molar-refractivity contribution in [1.29, 1.82) is 0 Å². The Morgan fingerprint density at radius 2 is 2.03 bits per heavy atom. The lowest BCUT2D eigenvalue weighted by atomic mass is 10.2. The SMILES string of the molecule is C[C@@H]1CN(CC2CN(c3nc(-c4ccc(N)nc4)nc4ccsc34)CCO2)CCN1S(C)(=O)=O. The van der Waals surface area contributed by atoms with E-state index >= 15 is 0 Å². The van der Waals surface area contributed by atoms with E-state index in [4.69, 9.17) is 20.4 Å². The molecule has 2 saturated heterocycles. The Hall–Kier alpha value is -2.38.